The van der Waals surface area contributed by atoms with E-state index in [1.807, 2.05) is 6.92 Å². The summed E-state index contributed by atoms with van der Waals surface area (Å²) in [6.45, 7) is 5.24. The normalized spacial score (nSPS) is 18.8. The molecule has 1 heterocycles. The van der Waals surface area contributed by atoms with Gasteiger partial charge in [-0.25, -0.2) is 4.98 Å². The average Bonchev–Trinajstić information content (AvgIpc) is 3.28. The number of nitrogens with one attached hydrogen (secondary N) is 2. The predicted octanol–water partition coefficient (Wildman–Crippen LogP) is 3.70. The topological polar surface area (TPSA) is 74.5 Å². The lowest BCUT2D eigenvalue weighted by Gasteiger charge is -2.30. The molecule has 2 rings (SSSR count). The molecule has 1 atom stereocenters. The number of aromatic nitrogens is 2. The summed E-state index contributed by atoms with van der Waals surface area (Å²) in [6, 6.07) is 0. The zero-order valence-corrected chi connectivity index (χ0v) is 19.7. The highest BCUT2D eigenvalue weighted by Gasteiger charge is 2.57. The lowest BCUT2D eigenvalue weighted by molar-refractivity contribution is -0.272. The number of nitrogens with zero attached hydrogens (tertiary/aromatic N) is 3. The molecule has 1 aliphatic rings. The number of hydrogen-bond acceptors (Lipinski definition) is 3. The number of aryl methyl sites for hydroxylation is 1. The number of halogens is 4. The van der Waals surface area contributed by atoms with E-state index in [0.717, 1.165) is 19.3 Å². The third kappa shape index (κ3) is 6.22. The van der Waals surface area contributed by atoms with Crippen molar-refractivity contribution in [1.82, 2.24) is 20.2 Å². The Kier molecular flexibility index (Phi) is 9.71. The largest absolute Gasteiger partial charge is 0.424 e. The number of imidazole rings is 1. The molecule has 1 aliphatic carbocycles. The van der Waals surface area contributed by atoms with Crippen LogP contribution in [0.2, 0.25) is 0 Å². The highest BCUT2D eigenvalue weighted by Crippen LogP contribution is 2.41. The fourth-order valence-electron chi connectivity index (χ4n) is 3.84. The minimum atomic E-state index is -4.83. The minimum absolute atomic E-state index is 0. The van der Waals surface area contributed by atoms with Crippen molar-refractivity contribution in [2.45, 2.75) is 64.1 Å². The zero-order valence-electron chi connectivity index (χ0n) is 17.3. The first-order valence-electron chi connectivity index (χ1n) is 9.96. The van der Waals surface area contributed by atoms with Gasteiger partial charge in [0, 0.05) is 45.5 Å². The Bertz CT molecular complexity index is 659. The molecular formula is C19H33F3IN5O. The van der Waals surface area contributed by atoms with E-state index in [1.165, 1.54) is 36.9 Å². The maximum Gasteiger partial charge on any atom is 0.424 e. The number of rotatable bonds is 8. The fourth-order valence-corrected chi connectivity index (χ4v) is 3.84. The van der Waals surface area contributed by atoms with E-state index in [0.29, 0.717) is 19.0 Å². The molecule has 0 bridgehead atoms. The Morgan fingerprint density at radius 3 is 2.41 bits per heavy atom. The van der Waals surface area contributed by atoms with Crippen LogP contribution in [0.3, 0.4) is 0 Å². The van der Waals surface area contributed by atoms with Gasteiger partial charge in [-0.05, 0) is 31.6 Å². The Hall–Kier alpha value is -1.04. The number of alkyl halides is 3. The molecule has 0 amide bonds. The summed E-state index contributed by atoms with van der Waals surface area (Å²) in [7, 11) is 1.43. The summed E-state index contributed by atoms with van der Waals surface area (Å²) < 4.78 is 42.0. The molecule has 0 spiro atoms. The molecule has 0 aromatic carbocycles. The lowest BCUT2D eigenvalue weighted by Crippen LogP contribution is -2.48. The first-order valence-corrected chi connectivity index (χ1v) is 9.96. The molecule has 1 unspecified atom stereocenters. The summed E-state index contributed by atoms with van der Waals surface area (Å²) in [4.78, 5) is 8.33. The highest BCUT2D eigenvalue weighted by atomic mass is 127. The van der Waals surface area contributed by atoms with Crippen LogP contribution in [0.1, 0.15) is 58.2 Å². The van der Waals surface area contributed by atoms with Crippen molar-refractivity contribution < 1.29 is 18.3 Å². The molecule has 1 saturated carbocycles. The van der Waals surface area contributed by atoms with Crippen molar-refractivity contribution in [1.29, 1.82) is 0 Å². The van der Waals surface area contributed by atoms with Crippen molar-refractivity contribution in [3.63, 3.8) is 0 Å². The van der Waals surface area contributed by atoms with E-state index in [9.17, 15) is 18.3 Å². The van der Waals surface area contributed by atoms with Gasteiger partial charge in [-0.1, -0.05) is 19.8 Å². The summed E-state index contributed by atoms with van der Waals surface area (Å²) in [5, 5.41) is 16.4. The Labute approximate surface area is 187 Å². The molecule has 0 aliphatic heterocycles. The van der Waals surface area contributed by atoms with Crippen LogP contribution in [0.4, 0.5) is 13.2 Å². The summed E-state index contributed by atoms with van der Waals surface area (Å²) >= 11 is 0. The van der Waals surface area contributed by atoms with Crippen LogP contribution < -0.4 is 10.6 Å². The maximum absolute atomic E-state index is 13.6. The predicted molar refractivity (Wildman–Crippen MR) is 118 cm³/mol. The van der Waals surface area contributed by atoms with E-state index >= 15 is 0 Å². The van der Waals surface area contributed by atoms with Gasteiger partial charge in [0.1, 0.15) is 5.82 Å². The van der Waals surface area contributed by atoms with Gasteiger partial charge in [0.05, 0.1) is 0 Å². The van der Waals surface area contributed by atoms with Crippen LogP contribution in [0, 0.1) is 5.41 Å². The molecule has 168 valence electrons. The van der Waals surface area contributed by atoms with E-state index in [-0.39, 0.29) is 35.9 Å². The number of aliphatic hydroxyl groups is 1. The molecule has 1 fully saturated rings. The third-order valence-corrected chi connectivity index (χ3v) is 5.77. The number of guanidine groups is 1. The second kappa shape index (κ2) is 10.8. The van der Waals surface area contributed by atoms with Gasteiger partial charge < -0.3 is 20.3 Å². The van der Waals surface area contributed by atoms with Crippen molar-refractivity contribution in [2.24, 2.45) is 17.5 Å². The number of hydrogen-bond donors (Lipinski definition) is 3. The van der Waals surface area contributed by atoms with Gasteiger partial charge in [-0.2, -0.15) is 13.2 Å². The van der Waals surface area contributed by atoms with Crippen molar-refractivity contribution in [3.8, 4) is 0 Å². The van der Waals surface area contributed by atoms with Gasteiger partial charge in [0.15, 0.2) is 5.96 Å². The van der Waals surface area contributed by atoms with E-state index in [4.69, 9.17) is 0 Å². The molecule has 3 N–H and O–H groups in total. The minimum Gasteiger partial charge on any atom is -0.374 e. The summed E-state index contributed by atoms with van der Waals surface area (Å²) in [5.41, 5.74) is -2.83. The first kappa shape index (κ1) is 26.0. The molecule has 29 heavy (non-hydrogen) atoms. The van der Waals surface area contributed by atoms with Crippen LogP contribution in [-0.4, -0.2) is 46.4 Å². The van der Waals surface area contributed by atoms with Crippen molar-refractivity contribution >= 4 is 29.9 Å². The zero-order chi connectivity index (χ0) is 20.8. The van der Waals surface area contributed by atoms with Crippen molar-refractivity contribution in [2.75, 3.05) is 19.6 Å². The van der Waals surface area contributed by atoms with Gasteiger partial charge in [0.25, 0.3) is 0 Å². The Morgan fingerprint density at radius 1 is 1.28 bits per heavy atom. The van der Waals surface area contributed by atoms with Gasteiger partial charge in [-0.3, -0.25) is 4.99 Å². The van der Waals surface area contributed by atoms with E-state index in [2.05, 4.69) is 27.5 Å². The van der Waals surface area contributed by atoms with E-state index < -0.39 is 24.0 Å². The Morgan fingerprint density at radius 2 is 1.93 bits per heavy atom. The van der Waals surface area contributed by atoms with Crippen LogP contribution in [0.25, 0.3) is 0 Å². The maximum atomic E-state index is 13.6. The first-order chi connectivity index (χ1) is 13.2. The quantitative estimate of drug-likeness (QED) is 0.272. The number of aliphatic imine (C=N–C) groups is 1. The Balaban J connectivity index is 0.00000420. The van der Waals surface area contributed by atoms with Gasteiger partial charge >= 0.3 is 6.18 Å². The summed E-state index contributed by atoms with van der Waals surface area (Å²) in [6.07, 6.45) is 2.96. The van der Waals surface area contributed by atoms with Gasteiger partial charge in [0.2, 0.25) is 5.60 Å². The molecule has 0 saturated heterocycles. The fraction of sp³-hybridized carbons (Fsp3) is 0.789. The van der Waals surface area contributed by atoms with Gasteiger partial charge in [-0.15, -0.1) is 24.0 Å². The van der Waals surface area contributed by atoms with Crippen molar-refractivity contribution in [3.05, 3.63) is 18.2 Å². The average molecular weight is 531 g/mol. The van der Waals surface area contributed by atoms with Crippen LogP contribution in [0.15, 0.2) is 17.4 Å². The lowest BCUT2D eigenvalue weighted by atomic mass is 9.84. The van der Waals surface area contributed by atoms with Crippen LogP contribution >= 0.6 is 24.0 Å². The molecule has 1 aromatic heterocycles. The van der Waals surface area contributed by atoms with Crippen LogP contribution in [0.5, 0.6) is 0 Å². The molecule has 6 nitrogen and oxygen atoms in total. The molecule has 1 aromatic rings. The SMILES string of the molecule is CCNC(=NCC1(CC)CCCC1)NCCC(O)(c1nccn1C)C(F)(F)F.I. The molecule has 0 radical (unpaired) electrons. The summed E-state index contributed by atoms with van der Waals surface area (Å²) in [5.74, 6) is 0.0613. The second-order valence-electron chi connectivity index (χ2n) is 7.65. The third-order valence-electron chi connectivity index (χ3n) is 5.77. The monoisotopic (exact) mass is 531 g/mol. The van der Waals surface area contributed by atoms with Crippen LogP contribution in [-0.2, 0) is 12.6 Å². The molecule has 10 heteroatoms. The second-order valence-corrected chi connectivity index (χ2v) is 7.65. The highest BCUT2D eigenvalue weighted by molar-refractivity contribution is 14.0. The van der Waals surface area contributed by atoms with E-state index in [1.54, 1.807) is 0 Å². The smallest absolute Gasteiger partial charge is 0.374 e. The molecular weight excluding hydrogens is 498 g/mol. The standard InChI is InChI=1S/C19H32F3N5O.HI/c1-4-17(8-6-7-9-17)14-26-16(23-5-2)25-11-10-18(28,19(20,21)22)15-24-12-13-27(15)3;/h12-13,28H,4-11,14H2,1-3H3,(H2,23,25,26);1H.